The van der Waals surface area contributed by atoms with E-state index in [9.17, 15) is 9.59 Å². The average Bonchev–Trinajstić information content (AvgIpc) is 3.32. The number of carbonyl (C=O) groups excluding carboxylic acids is 2. The molecule has 3 saturated carbocycles. The first-order chi connectivity index (χ1) is 13.8. The van der Waals surface area contributed by atoms with Gasteiger partial charge in [0.15, 0.2) is 0 Å². The van der Waals surface area contributed by atoms with Crippen molar-refractivity contribution in [3.63, 3.8) is 0 Å². The zero-order valence-corrected chi connectivity index (χ0v) is 17.6. The molecule has 0 bridgehead atoms. The Labute approximate surface area is 172 Å². The van der Waals surface area contributed by atoms with Crippen molar-refractivity contribution < 1.29 is 9.59 Å². The highest BCUT2D eigenvalue weighted by Crippen LogP contribution is 2.65. The van der Waals surface area contributed by atoms with E-state index in [2.05, 4.69) is 35.4 Å². The van der Waals surface area contributed by atoms with Gasteiger partial charge in [0.2, 0.25) is 11.8 Å². The number of hydrogen-bond acceptors (Lipinski definition) is 3. The van der Waals surface area contributed by atoms with E-state index in [1.54, 1.807) is 18.3 Å². The molecule has 6 heteroatoms. The summed E-state index contributed by atoms with van der Waals surface area (Å²) in [5, 5.41) is 9.83. The van der Waals surface area contributed by atoms with E-state index in [4.69, 9.17) is 0 Å². The molecule has 4 aliphatic rings. The minimum absolute atomic E-state index is 0.0587. The second-order valence-corrected chi connectivity index (χ2v) is 10.3. The summed E-state index contributed by atoms with van der Waals surface area (Å²) in [6, 6.07) is 2.12. The van der Waals surface area contributed by atoms with Gasteiger partial charge in [-0.05, 0) is 67.8 Å². The van der Waals surface area contributed by atoms with Crippen LogP contribution >= 0.6 is 0 Å². The Hall–Kier alpha value is -2.11. The lowest BCUT2D eigenvalue weighted by molar-refractivity contribution is -0.141. The first kappa shape index (κ1) is 18.9. The Morgan fingerprint density at radius 3 is 2.79 bits per heavy atom. The first-order valence-corrected chi connectivity index (χ1v) is 11.1. The number of nitrogens with one attached hydrogen (secondary N) is 2. The third kappa shape index (κ3) is 2.63. The molecule has 1 aliphatic heterocycles. The van der Waals surface area contributed by atoms with Gasteiger partial charge in [-0.25, -0.2) is 0 Å². The van der Waals surface area contributed by atoms with Crippen LogP contribution in [-0.2, 0) is 9.59 Å². The second-order valence-electron chi connectivity index (χ2n) is 10.3. The highest BCUT2D eigenvalue weighted by molar-refractivity contribution is 5.92. The quantitative estimate of drug-likeness (QED) is 0.802. The van der Waals surface area contributed by atoms with Crippen molar-refractivity contribution in [1.29, 1.82) is 0 Å². The van der Waals surface area contributed by atoms with Crippen LogP contribution < -0.4 is 5.32 Å². The topological polar surface area (TPSA) is 78.1 Å². The minimum atomic E-state index is 0.0587. The number of nitrogens with zero attached hydrogens (tertiary/aromatic N) is 2. The van der Waals surface area contributed by atoms with E-state index in [1.807, 2.05) is 11.9 Å². The molecule has 0 radical (unpaired) electrons. The van der Waals surface area contributed by atoms with Gasteiger partial charge in [0.05, 0.1) is 6.20 Å². The fraction of sp³-hybridized carbons (Fsp3) is 0.696. The third-order valence-corrected chi connectivity index (χ3v) is 9.20. The molecule has 1 aromatic rings. The summed E-state index contributed by atoms with van der Waals surface area (Å²) in [5.74, 6) is 2.86. The SMILES string of the molecule is CN1C(=O)C=C[C@]2(C)[C@H]3CC[C@]4(C)[C@@H](C(=O)Nc5ccn[nH]5)CC[C@H]4[C@@H]3CC[C@@H]12. The smallest absolute Gasteiger partial charge is 0.246 e. The molecule has 0 unspecified atom stereocenters. The molecule has 0 saturated heterocycles. The maximum atomic E-state index is 13.1. The molecule has 0 aromatic carbocycles. The fourth-order valence-electron chi connectivity index (χ4n) is 7.71. The number of likely N-dealkylation sites (N-methyl/N-ethyl adjacent to an activating group) is 1. The third-order valence-electron chi connectivity index (χ3n) is 9.20. The maximum absolute atomic E-state index is 13.1. The van der Waals surface area contributed by atoms with Gasteiger partial charge in [0, 0.05) is 30.5 Å². The predicted molar refractivity (Wildman–Crippen MR) is 111 cm³/mol. The molecule has 0 spiro atoms. The number of carbonyl (C=O) groups is 2. The predicted octanol–water partition coefficient (Wildman–Crippen LogP) is 3.60. The van der Waals surface area contributed by atoms with Crippen molar-refractivity contribution in [3.8, 4) is 0 Å². The van der Waals surface area contributed by atoms with Gasteiger partial charge in [-0.1, -0.05) is 19.9 Å². The van der Waals surface area contributed by atoms with Crippen LogP contribution in [0.1, 0.15) is 52.4 Å². The van der Waals surface area contributed by atoms with E-state index in [1.165, 1.54) is 6.42 Å². The Kier molecular flexibility index (Phi) is 4.20. The van der Waals surface area contributed by atoms with Gasteiger partial charge in [-0.2, -0.15) is 5.10 Å². The van der Waals surface area contributed by atoms with Crippen LogP contribution in [0.2, 0.25) is 0 Å². The van der Waals surface area contributed by atoms with E-state index < -0.39 is 0 Å². The number of amides is 2. The summed E-state index contributed by atoms with van der Waals surface area (Å²) in [7, 11) is 1.97. The average molecular weight is 397 g/mol. The first-order valence-electron chi connectivity index (χ1n) is 11.1. The van der Waals surface area contributed by atoms with E-state index in [0.29, 0.717) is 29.6 Å². The van der Waals surface area contributed by atoms with Crippen LogP contribution in [0.3, 0.4) is 0 Å². The molecule has 6 nitrogen and oxygen atoms in total. The van der Waals surface area contributed by atoms with Crippen LogP contribution in [0.25, 0.3) is 0 Å². The van der Waals surface area contributed by atoms with Crippen LogP contribution in [0, 0.1) is 34.5 Å². The summed E-state index contributed by atoms with van der Waals surface area (Å²) < 4.78 is 0. The Morgan fingerprint density at radius 2 is 2.03 bits per heavy atom. The number of rotatable bonds is 2. The highest BCUT2D eigenvalue weighted by Gasteiger charge is 2.61. The number of aromatic amines is 1. The van der Waals surface area contributed by atoms with E-state index >= 15 is 0 Å². The van der Waals surface area contributed by atoms with Crippen LogP contribution in [0.5, 0.6) is 0 Å². The van der Waals surface area contributed by atoms with Crippen LogP contribution in [0.4, 0.5) is 5.82 Å². The number of fused-ring (bicyclic) bond motifs is 5. The monoisotopic (exact) mass is 396 g/mol. The fourth-order valence-corrected chi connectivity index (χ4v) is 7.71. The summed E-state index contributed by atoms with van der Waals surface area (Å²) in [4.78, 5) is 27.3. The maximum Gasteiger partial charge on any atom is 0.246 e. The standard InChI is InChI=1S/C23H32N4O2/c1-22-11-8-16-14(4-7-18-23(16,2)12-9-20(28)27(18)3)15(22)5-6-17(22)21(29)25-19-10-13-24-26-19/h9-10,12-18H,4-8,11H2,1-3H3,(H2,24,25,26,29)/t14-,15-,16-,17+,18+,22-,23+/m0/s1. The van der Waals surface area contributed by atoms with Crippen LogP contribution in [-0.4, -0.2) is 40.0 Å². The van der Waals surface area contributed by atoms with Crippen molar-refractivity contribution in [2.75, 3.05) is 12.4 Å². The zero-order chi connectivity index (χ0) is 20.4. The molecule has 2 amide bonds. The number of aromatic nitrogens is 2. The molecule has 3 fully saturated rings. The zero-order valence-electron chi connectivity index (χ0n) is 17.6. The summed E-state index contributed by atoms with van der Waals surface area (Å²) in [6.07, 6.45) is 12.3. The van der Waals surface area contributed by atoms with Crippen molar-refractivity contribution >= 4 is 17.6 Å². The lowest BCUT2D eigenvalue weighted by Gasteiger charge is -2.60. The van der Waals surface area contributed by atoms with Crippen molar-refractivity contribution in [2.45, 2.75) is 58.4 Å². The Balaban J connectivity index is 1.39. The van der Waals surface area contributed by atoms with Crippen molar-refractivity contribution in [2.24, 2.45) is 34.5 Å². The molecular weight excluding hydrogens is 364 g/mol. The molecule has 1 aromatic heterocycles. The molecule has 3 aliphatic carbocycles. The lowest BCUT2D eigenvalue weighted by atomic mass is 9.47. The van der Waals surface area contributed by atoms with Gasteiger partial charge >= 0.3 is 0 Å². The van der Waals surface area contributed by atoms with Crippen LogP contribution in [0.15, 0.2) is 24.4 Å². The van der Waals surface area contributed by atoms with Crippen molar-refractivity contribution in [1.82, 2.24) is 15.1 Å². The Bertz CT molecular complexity index is 849. The second kappa shape index (κ2) is 6.44. The molecule has 156 valence electrons. The lowest BCUT2D eigenvalue weighted by Crippen LogP contribution is -2.59. The van der Waals surface area contributed by atoms with E-state index in [0.717, 1.165) is 32.1 Å². The van der Waals surface area contributed by atoms with E-state index in [-0.39, 0.29) is 28.6 Å². The summed E-state index contributed by atoms with van der Waals surface area (Å²) in [5.41, 5.74) is 0.123. The molecule has 7 atom stereocenters. The van der Waals surface area contributed by atoms with Gasteiger partial charge in [0.25, 0.3) is 0 Å². The van der Waals surface area contributed by atoms with Crippen molar-refractivity contribution in [3.05, 3.63) is 24.4 Å². The molecule has 5 rings (SSSR count). The number of H-pyrrole nitrogens is 1. The van der Waals surface area contributed by atoms with Gasteiger partial charge in [0.1, 0.15) is 5.82 Å². The minimum Gasteiger partial charge on any atom is -0.338 e. The normalized spacial score (nSPS) is 43.5. The Morgan fingerprint density at radius 1 is 1.21 bits per heavy atom. The van der Waals surface area contributed by atoms with Gasteiger partial charge in [-0.3, -0.25) is 14.7 Å². The number of hydrogen-bond donors (Lipinski definition) is 2. The summed E-state index contributed by atoms with van der Waals surface area (Å²) in [6.45, 7) is 4.73. The number of anilines is 1. The molecule has 2 heterocycles. The van der Waals surface area contributed by atoms with Gasteiger partial charge < -0.3 is 10.2 Å². The largest absolute Gasteiger partial charge is 0.338 e. The molecular formula is C23H32N4O2. The molecule has 2 N–H and O–H groups in total. The summed E-state index contributed by atoms with van der Waals surface area (Å²) >= 11 is 0. The van der Waals surface area contributed by atoms with Gasteiger partial charge in [-0.15, -0.1) is 0 Å². The molecule has 29 heavy (non-hydrogen) atoms. The highest BCUT2D eigenvalue weighted by atomic mass is 16.2.